The van der Waals surface area contributed by atoms with Crippen LogP contribution in [-0.2, 0) is 16.6 Å². The standard InChI is InChI=1S/C13H16ClN3O2/c1-7-8(5-11(18)19)12(14)17-10(15-7)6-9(16-17)13(2,3)4/h6H,5H2,1-4H3,(H,18,19). The van der Waals surface area contributed by atoms with Crippen molar-refractivity contribution in [1.29, 1.82) is 0 Å². The van der Waals surface area contributed by atoms with E-state index in [1.807, 2.05) is 26.8 Å². The summed E-state index contributed by atoms with van der Waals surface area (Å²) in [4.78, 5) is 15.2. The van der Waals surface area contributed by atoms with E-state index in [2.05, 4.69) is 10.1 Å². The molecule has 2 aromatic heterocycles. The molecule has 0 radical (unpaired) electrons. The van der Waals surface area contributed by atoms with Gasteiger partial charge in [0.2, 0.25) is 0 Å². The molecule has 0 saturated heterocycles. The minimum atomic E-state index is -0.936. The highest BCUT2D eigenvalue weighted by Gasteiger charge is 2.21. The Morgan fingerprint density at radius 2 is 2.11 bits per heavy atom. The van der Waals surface area contributed by atoms with Crippen LogP contribution in [0.25, 0.3) is 5.65 Å². The predicted octanol–water partition coefficient (Wildman–Crippen LogP) is 2.62. The number of carboxylic acids is 1. The lowest BCUT2D eigenvalue weighted by Gasteiger charge is -2.13. The third kappa shape index (κ3) is 2.56. The summed E-state index contributed by atoms with van der Waals surface area (Å²) in [7, 11) is 0. The topological polar surface area (TPSA) is 67.5 Å². The van der Waals surface area contributed by atoms with Crippen LogP contribution in [0.15, 0.2) is 6.07 Å². The van der Waals surface area contributed by atoms with Gasteiger partial charge in [-0.25, -0.2) is 9.50 Å². The van der Waals surface area contributed by atoms with Gasteiger partial charge in [0.05, 0.1) is 12.1 Å². The van der Waals surface area contributed by atoms with Gasteiger partial charge in [0.25, 0.3) is 0 Å². The molecule has 19 heavy (non-hydrogen) atoms. The average Bonchev–Trinajstić information content (AvgIpc) is 2.67. The zero-order chi connectivity index (χ0) is 14.4. The Morgan fingerprint density at radius 3 is 2.63 bits per heavy atom. The molecule has 0 spiro atoms. The zero-order valence-corrected chi connectivity index (χ0v) is 12.1. The molecule has 102 valence electrons. The van der Waals surface area contributed by atoms with Crippen LogP contribution in [0.1, 0.15) is 37.7 Å². The van der Waals surface area contributed by atoms with Gasteiger partial charge in [0.1, 0.15) is 5.15 Å². The molecule has 0 atom stereocenters. The number of carboxylic acid groups (broad SMARTS) is 1. The van der Waals surface area contributed by atoms with Gasteiger partial charge in [0, 0.05) is 22.7 Å². The number of aromatic nitrogens is 3. The largest absolute Gasteiger partial charge is 0.481 e. The molecule has 2 rings (SSSR count). The van der Waals surface area contributed by atoms with Gasteiger partial charge in [0.15, 0.2) is 5.65 Å². The van der Waals surface area contributed by atoms with Crippen LogP contribution < -0.4 is 0 Å². The molecule has 1 N–H and O–H groups in total. The second-order valence-electron chi connectivity index (χ2n) is 5.59. The summed E-state index contributed by atoms with van der Waals surface area (Å²) in [5, 5.41) is 13.6. The summed E-state index contributed by atoms with van der Waals surface area (Å²) in [6, 6.07) is 1.88. The van der Waals surface area contributed by atoms with Crippen molar-refractivity contribution in [3.8, 4) is 0 Å². The lowest BCUT2D eigenvalue weighted by Crippen LogP contribution is -2.12. The highest BCUT2D eigenvalue weighted by atomic mass is 35.5. The Labute approximate surface area is 116 Å². The van der Waals surface area contributed by atoms with Crippen LogP contribution in [-0.4, -0.2) is 25.7 Å². The Bertz CT molecular complexity index is 656. The van der Waals surface area contributed by atoms with E-state index in [1.54, 1.807) is 6.92 Å². The molecule has 0 saturated carbocycles. The van der Waals surface area contributed by atoms with Crippen molar-refractivity contribution in [2.24, 2.45) is 0 Å². The molecule has 0 fully saturated rings. The second-order valence-corrected chi connectivity index (χ2v) is 5.94. The van der Waals surface area contributed by atoms with E-state index in [1.165, 1.54) is 4.52 Å². The molecule has 5 nitrogen and oxygen atoms in total. The first-order valence-electron chi connectivity index (χ1n) is 5.97. The first-order valence-corrected chi connectivity index (χ1v) is 6.35. The normalized spacial score (nSPS) is 12.1. The van der Waals surface area contributed by atoms with E-state index in [0.29, 0.717) is 22.1 Å². The number of carbonyl (C=O) groups is 1. The second kappa shape index (κ2) is 4.49. The van der Waals surface area contributed by atoms with Crippen molar-refractivity contribution in [2.45, 2.75) is 39.5 Å². The van der Waals surface area contributed by atoms with Crippen LogP contribution in [0.5, 0.6) is 0 Å². The molecular formula is C13H16ClN3O2. The third-order valence-electron chi connectivity index (χ3n) is 2.94. The van der Waals surface area contributed by atoms with Gasteiger partial charge in [-0.15, -0.1) is 0 Å². The molecule has 0 aliphatic carbocycles. The van der Waals surface area contributed by atoms with Crippen molar-refractivity contribution < 1.29 is 9.90 Å². The molecule has 0 amide bonds. The first kappa shape index (κ1) is 13.8. The molecule has 2 aromatic rings. The molecule has 0 aliphatic rings. The average molecular weight is 282 g/mol. The summed E-state index contributed by atoms with van der Waals surface area (Å²) in [5.74, 6) is -0.936. The summed E-state index contributed by atoms with van der Waals surface area (Å²) < 4.78 is 1.51. The number of nitrogens with zero attached hydrogens (tertiary/aromatic N) is 3. The van der Waals surface area contributed by atoms with Crippen molar-refractivity contribution in [2.75, 3.05) is 0 Å². The Hall–Kier alpha value is -1.62. The highest BCUT2D eigenvalue weighted by Crippen LogP contribution is 2.26. The molecule has 2 heterocycles. The Morgan fingerprint density at radius 1 is 1.47 bits per heavy atom. The van der Waals surface area contributed by atoms with Gasteiger partial charge < -0.3 is 5.11 Å². The Balaban J connectivity index is 2.67. The summed E-state index contributed by atoms with van der Waals surface area (Å²) in [6.45, 7) is 7.91. The fraction of sp³-hybridized carbons (Fsp3) is 0.462. The smallest absolute Gasteiger partial charge is 0.308 e. The number of aryl methyl sites for hydroxylation is 1. The van der Waals surface area contributed by atoms with Crippen LogP contribution in [0.4, 0.5) is 0 Å². The molecule has 0 aliphatic heterocycles. The quantitative estimate of drug-likeness (QED) is 0.859. The Kier molecular flexibility index (Phi) is 3.26. The van der Waals surface area contributed by atoms with E-state index >= 15 is 0 Å². The number of hydrogen-bond donors (Lipinski definition) is 1. The van der Waals surface area contributed by atoms with Crippen LogP contribution in [0, 0.1) is 6.92 Å². The van der Waals surface area contributed by atoms with Crippen molar-refractivity contribution in [3.05, 3.63) is 28.2 Å². The van der Waals surface area contributed by atoms with Crippen molar-refractivity contribution in [1.82, 2.24) is 14.6 Å². The third-order valence-corrected chi connectivity index (χ3v) is 3.33. The lowest BCUT2D eigenvalue weighted by atomic mass is 9.93. The maximum absolute atomic E-state index is 10.9. The number of rotatable bonds is 2. The molecule has 6 heteroatoms. The SMILES string of the molecule is Cc1nc2cc(C(C)(C)C)nn2c(Cl)c1CC(=O)O. The van der Waals surface area contributed by atoms with Gasteiger partial charge in [-0.05, 0) is 6.92 Å². The van der Waals surface area contributed by atoms with Crippen molar-refractivity contribution in [3.63, 3.8) is 0 Å². The zero-order valence-electron chi connectivity index (χ0n) is 11.4. The number of fused-ring (bicyclic) bond motifs is 1. The molecular weight excluding hydrogens is 266 g/mol. The molecule has 0 bridgehead atoms. The minimum Gasteiger partial charge on any atom is -0.481 e. The van der Waals surface area contributed by atoms with Gasteiger partial charge in [-0.2, -0.15) is 5.10 Å². The molecule has 0 aromatic carbocycles. The fourth-order valence-corrected chi connectivity index (χ4v) is 2.16. The van der Waals surface area contributed by atoms with E-state index in [4.69, 9.17) is 16.7 Å². The lowest BCUT2D eigenvalue weighted by molar-refractivity contribution is -0.136. The monoisotopic (exact) mass is 281 g/mol. The van der Waals surface area contributed by atoms with Gasteiger partial charge in [-0.1, -0.05) is 32.4 Å². The van der Waals surface area contributed by atoms with E-state index in [9.17, 15) is 4.79 Å². The van der Waals surface area contributed by atoms with E-state index in [-0.39, 0.29) is 11.8 Å². The first-order chi connectivity index (χ1) is 8.70. The number of halogens is 1. The summed E-state index contributed by atoms with van der Waals surface area (Å²) >= 11 is 6.25. The van der Waals surface area contributed by atoms with Crippen LogP contribution in [0.3, 0.4) is 0 Å². The highest BCUT2D eigenvalue weighted by molar-refractivity contribution is 6.30. The maximum Gasteiger partial charge on any atom is 0.308 e. The van der Waals surface area contributed by atoms with Crippen LogP contribution >= 0.6 is 11.6 Å². The molecule has 0 unspecified atom stereocenters. The van der Waals surface area contributed by atoms with Gasteiger partial charge in [-0.3, -0.25) is 4.79 Å². The van der Waals surface area contributed by atoms with Crippen LogP contribution in [0.2, 0.25) is 5.15 Å². The minimum absolute atomic E-state index is 0.113. The van der Waals surface area contributed by atoms with E-state index < -0.39 is 5.97 Å². The van der Waals surface area contributed by atoms with Crippen molar-refractivity contribution >= 4 is 23.2 Å². The number of aliphatic carboxylic acids is 1. The number of hydrogen-bond acceptors (Lipinski definition) is 3. The predicted molar refractivity (Wildman–Crippen MR) is 72.8 cm³/mol. The van der Waals surface area contributed by atoms with E-state index in [0.717, 1.165) is 5.69 Å². The van der Waals surface area contributed by atoms with Gasteiger partial charge >= 0.3 is 5.97 Å². The maximum atomic E-state index is 10.9. The summed E-state index contributed by atoms with van der Waals surface area (Å²) in [5.41, 5.74) is 2.53. The fourth-order valence-electron chi connectivity index (χ4n) is 1.83. The summed E-state index contributed by atoms with van der Waals surface area (Å²) in [6.07, 6.45) is -0.154.